The topological polar surface area (TPSA) is 120 Å². The lowest BCUT2D eigenvalue weighted by molar-refractivity contribution is -0.696. The van der Waals surface area contributed by atoms with Crippen LogP contribution >= 0.6 is 0 Å². The van der Waals surface area contributed by atoms with Crippen molar-refractivity contribution in [2.75, 3.05) is 0 Å². The number of hydrogen-bond donors (Lipinski definition) is 0. The van der Waals surface area contributed by atoms with Gasteiger partial charge in [0, 0.05) is 48.4 Å². The van der Waals surface area contributed by atoms with Crippen LogP contribution in [-0.4, -0.2) is 75.0 Å². The smallest absolute Gasteiger partial charge is 0.373 e. The van der Waals surface area contributed by atoms with E-state index in [1.165, 1.54) is 0 Å². The van der Waals surface area contributed by atoms with Crippen molar-refractivity contribution in [1.82, 2.24) is 4.57 Å². The average molecular weight is 953 g/mol. The molecule has 22 heteroatoms. The molecule has 6 saturated heterocycles. The molecule has 0 unspecified atom stereocenters. The predicted molar refractivity (Wildman–Crippen MR) is 237 cm³/mol. The molecule has 0 spiro atoms. The van der Waals surface area contributed by atoms with Crippen LogP contribution in [0.5, 0.6) is 0 Å². The van der Waals surface area contributed by atoms with Gasteiger partial charge in [-0.1, -0.05) is 104 Å². The van der Waals surface area contributed by atoms with Crippen molar-refractivity contribution in [3.63, 3.8) is 0 Å². The molecule has 14 nitrogen and oxygen atoms in total. The first-order chi connectivity index (χ1) is 26.9. The molecule has 0 aromatic carbocycles. The van der Waals surface area contributed by atoms with E-state index in [9.17, 15) is 0 Å². The summed E-state index contributed by atoms with van der Waals surface area (Å²) in [6, 6.07) is 3.85. The Morgan fingerprint density at radius 2 is 0.672 bits per heavy atom. The van der Waals surface area contributed by atoms with Crippen molar-refractivity contribution in [3.8, 4) is 0 Å². The second-order valence-corrected chi connectivity index (χ2v) is 44.3. The van der Waals surface area contributed by atoms with E-state index in [2.05, 4.69) is 108 Å². The maximum atomic E-state index is 7.87. The molecule has 7 heterocycles. The van der Waals surface area contributed by atoms with Gasteiger partial charge in [-0.2, -0.15) is 0 Å². The van der Waals surface area contributed by atoms with Crippen LogP contribution in [-0.2, 0) is 55.9 Å². The van der Waals surface area contributed by atoms with Gasteiger partial charge in [-0.05, 0) is 47.8 Å². The number of nitrogens with zero attached hydrogens (tertiary/aromatic N) is 2. The molecule has 0 saturated carbocycles. The van der Waals surface area contributed by atoms with Gasteiger partial charge in [-0.15, -0.1) is 0 Å². The highest BCUT2D eigenvalue weighted by atomic mass is 28.6. The second-order valence-electron chi connectivity index (χ2n) is 20.3. The first-order valence-electron chi connectivity index (χ1n) is 22.0. The molecule has 0 aliphatic carbocycles. The summed E-state index contributed by atoms with van der Waals surface area (Å²) in [7, 11) is -31.4. The van der Waals surface area contributed by atoms with Gasteiger partial charge in [0.15, 0.2) is 0 Å². The van der Waals surface area contributed by atoms with Gasteiger partial charge in [0.2, 0.25) is 6.33 Å². The number of imidazole rings is 1. The molecule has 0 N–H and O–H groups in total. The molecule has 6 fully saturated rings. The molecule has 0 radical (unpaired) electrons. The van der Waals surface area contributed by atoms with Gasteiger partial charge in [0.25, 0.3) is 0 Å². The minimum Gasteiger partial charge on any atom is -0.373 e. The number of aromatic nitrogens is 2. The zero-order valence-electron chi connectivity index (χ0n) is 37.9. The van der Waals surface area contributed by atoms with Crippen LogP contribution in [0.2, 0.25) is 48.4 Å². The van der Waals surface area contributed by atoms with Crippen molar-refractivity contribution < 1.29 is 53.9 Å². The van der Waals surface area contributed by atoms with Crippen molar-refractivity contribution >= 4 is 76.6 Å². The number of rotatable bonds is 19. The van der Waals surface area contributed by atoms with Crippen molar-refractivity contribution in [2.45, 2.75) is 158 Å². The molecular weight excluding hydrogens is 877 g/mol. The summed E-state index contributed by atoms with van der Waals surface area (Å²) in [5.74, 6) is 0.856. The lowest BCUT2D eigenvalue weighted by Crippen LogP contribution is -2.88. The third kappa shape index (κ3) is 10.9. The van der Waals surface area contributed by atoms with Crippen LogP contribution in [0.3, 0.4) is 0 Å². The van der Waals surface area contributed by atoms with Gasteiger partial charge in [-0.25, -0.2) is 9.13 Å². The largest absolute Gasteiger partial charge is 0.479 e. The molecule has 332 valence electrons. The summed E-state index contributed by atoms with van der Waals surface area (Å²) in [4.78, 5) is 0. The molecule has 1 aromatic heterocycles. The highest BCUT2D eigenvalue weighted by Gasteiger charge is 2.83. The summed E-state index contributed by atoms with van der Waals surface area (Å²) in [6.07, 6.45) is 8.51. The van der Waals surface area contributed by atoms with Gasteiger partial charge in [0.1, 0.15) is 12.4 Å². The quantitative estimate of drug-likeness (QED) is 0.0976. The average Bonchev–Trinajstić information content (AvgIpc) is 3.42. The predicted octanol–water partition coefficient (Wildman–Crippen LogP) is 8.64. The SMILES string of the molecule is C=Cn1cc[n+](CCC[Si]23O[Si]4(CC(C)C)O[Si]5(CC(C)C)O[Si](CC(C)C)(O2)O[Si]2(CC(C)C)O[Si](CC(C)C)(O3)O[Si](CC(C)C)(O4)O[Si](CC(C)C)(O5)O2)c1. The van der Waals surface area contributed by atoms with Gasteiger partial charge < -0.3 is 49.4 Å². The Hall–Kier alpha value is 0.205. The van der Waals surface area contributed by atoms with E-state index in [0.29, 0.717) is 61.3 Å². The Morgan fingerprint density at radius 1 is 0.431 bits per heavy atom. The summed E-state index contributed by atoms with van der Waals surface area (Å²) in [5, 5.41) is 0. The van der Waals surface area contributed by atoms with Crippen molar-refractivity contribution in [1.29, 1.82) is 0 Å². The highest BCUT2D eigenvalue weighted by Crippen LogP contribution is 2.55. The van der Waals surface area contributed by atoms with E-state index >= 15 is 0 Å². The third-order valence-corrected chi connectivity index (χ3v) is 50.2. The highest BCUT2D eigenvalue weighted by molar-refractivity contribution is 7.03. The van der Waals surface area contributed by atoms with E-state index < -0.39 is 70.4 Å². The maximum Gasteiger partial charge on any atom is 0.479 e. The number of aryl methyl sites for hydroxylation is 1. The van der Waals surface area contributed by atoms with E-state index in [4.69, 9.17) is 49.4 Å². The molecule has 7 rings (SSSR count). The van der Waals surface area contributed by atoms with Crippen molar-refractivity contribution in [2.24, 2.45) is 41.4 Å². The van der Waals surface area contributed by atoms with E-state index in [-0.39, 0.29) is 41.4 Å². The fourth-order valence-corrected chi connectivity index (χ4v) is 60.6. The first kappa shape index (κ1) is 47.7. The monoisotopic (exact) mass is 951 g/mol. The standard InChI is InChI=1S/C36H75N2O12Si8/c1-16-37-19-20-38(29-37)18-17-21-51-39-52(22-30(2)3)42-55(25-33(8)9)44-53(40-51,23-31(4)5)46-57(27-35(12)13)47-54(41-51,24-32(6)7)45-56(43-52,26-34(10)11)49-58(48-55,50-57)28-36(14)15/h16,19-20,29-36H,1,17-18,21-28H2,2-15H3/q+1. The van der Waals surface area contributed by atoms with Crippen LogP contribution < -0.4 is 4.57 Å². The maximum absolute atomic E-state index is 7.87. The Labute approximate surface area is 358 Å². The van der Waals surface area contributed by atoms with Crippen molar-refractivity contribution in [3.05, 3.63) is 25.3 Å². The zero-order valence-corrected chi connectivity index (χ0v) is 45.9. The summed E-state index contributed by atoms with van der Waals surface area (Å²) in [6.45, 7) is 35.1. The fraction of sp³-hybridized carbons (Fsp3) is 0.861. The molecule has 0 atom stereocenters. The molecular formula is C36H75N2O12Si8+. The Morgan fingerprint density at radius 3 is 0.879 bits per heavy atom. The van der Waals surface area contributed by atoms with E-state index in [0.717, 1.165) is 0 Å². The van der Waals surface area contributed by atoms with Gasteiger partial charge in [0.05, 0.1) is 12.7 Å². The molecule has 6 aliphatic rings. The number of hydrogen-bond acceptors (Lipinski definition) is 12. The summed E-state index contributed by atoms with van der Waals surface area (Å²) >= 11 is 0. The molecule has 1 aromatic rings. The lowest BCUT2D eigenvalue weighted by Gasteiger charge is -2.64. The Kier molecular flexibility index (Phi) is 14.5. The summed E-state index contributed by atoms with van der Waals surface area (Å²) in [5.41, 5.74) is 0. The molecule has 0 amide bonds. The minimum absolute atomic E-state index is 0.117. The normalized spacial score (nSPS) is 38.7. The van der Waals surface area contributed by atoms with Gasteiger partial charge >= 0.3 is 70.4 Å². The Balaban J connectivity index is 1.69. The van der Waals surface area contributed by atoms with Crippen LogP contribution in [0, 0.1) is 41.4 Å². The fourth-order valence-electron chi connectivity index (χ4n) is 9.00. The van der Waals surface area contributed by atoms with Crippen LogP contribution in [0.4, 0.5) is 0 Å². The van der Waals surface area contributed by atoms with E-state index in [1.807, 2.05) is 23.3 Å². The third-order valence-electron chi connectivity index (χ3n) is 10.2. The lowest BCUT2D eigenvalue weighted by atomic mass is 10.3. The molecule has 6 aliphatic heterocycles. The minimum atomic E-state index is -3.98. The van der Waals surface area contributed by atoms with Crippen LogP contribution in [0.15, 0.2) is 25.3 Å². The summed E-state index contributed by atoms with van der Waals surface area (Å²) < 4.78 is 98.0. The molecule has 8 bridgehead atoms. The van der Waals surface area contributed by atoms with Crippen LogP contribution in [0.25, 0.3) is 6.20 Å². The van der Waals surface area contributed by atoms with Crippen LogP contribution in [0.1, 0.15) is 103 Å². The molecule has 58 heavy (non-hydrogen) atoms. The van der Waals surface area contributed by atoms with Gasteiger partial charge in [-0.3, -0.25) is 0 Å². The first-order valence-corrected chi connectivity index (χ1v) is 37.5. The zero-order chi connectivity index (χ0) is 42.6. The Bertz CT molecular complexity index is 1430. The van der Waals surface area contributed by atoms with E-state index in [1.54, 1.807) is 6.20 Å². The second kappa shape index (κ2) is 17.6.